The van der Waals surface area contributed by atoms with E-state index in [0.717, 1.165) is 0 Å². The first-order valence-electron chi connectivity index (χ1n) is 4.38. The summed E-state index contributed by atoms with van der Waals surface area (Å²) in [7, 11) is 0. The van der Waals surface area contributed by atoms with Crippen LogP contribution in [-0.4, -0.2) is 12.1 Å². The third-order valence-corrected chi connectivity index (χ3v) is 2.12. The number of rotatable bonds is 3. The molecule has 0 aliphatic carbocycles. The van der Waals surface area contributed by atoms with Crippen LogP contribution >= 0.6 is 15.9 Å². The van der Waals surface area contributed by atoms with Crippen molar-refractivity contribution >= 4 is 28.1 Å². The molecular weight excluding hydrogens is 276 g/mol. The maximum absolute atomic E-state index is 11.3. The van der Waals surface area contributed by atoms with Crippen molar-refractivity contribution in [2.45, 2.75) is 0 Å². The molecule has 6 heteroatoms. The van der Waals surface area contributed by atoms with Crippen molar-refractivity contribution in [3.63, 3.8) is 0 Å². The molecule has 0 saturated heterocycles. The zero-order valence-corrected chi connectivity index (χ0v) is 9.60. The first-order chi connectivity index (χ1) is 7.75. The molecule has 0 aromatic carbocycles. The predicted octanol–water partition coefficient (Wildman–Crippen LogP) is 2.40. The minimum Gasteiger partial charge on any atom is -0.459 e. The Bertz CT molecular complexity index is 502. The fourth-order valence-corrected chi connectivity index (χ4v) is 1.33. The number of hydrogen-bond donors (Lipinski definition) is 1. The highest BCUT2D eigenvalue weighted by atomic mass is 79.9. The number of amides is 1. The monoisotopic (exact) mass is 282 g/mol. The standard InChI is InChI=1S/C10H7BrN2O3/c11-9-4-3-7(16-9)6-12-13-10(14)8-2-1-5-15-8/h1-6H,(H,13,14)/b12-6-. The third-order valence-electron chi connectivity index (χ3n) is 1.70. The van der Waals surface area contributed by atoms with Gasteiger partial charge in [0, 0.05) is 0 Å². The number of nitrogens with one attached hydrogen (secondary N) is 1. The Morgan fingerprint density at radius 2 is 2.31 bits per heavy atom. The number of furan rings is 2. The smallest absolute Gasteiger partial charge is 0.307 e. The largest absolute Gasteiger partial charge is 0.459 e. The summed E-state index contributed by atoms with van der Waals surface area (Å²) in [6.07, 6.45) is 2.81. The van der Waals surface area contributed by atoms with Crippen LogP contribution in [0.5, 0.6) is 0 Å². The molecule has 16 heavy (non-hydrogen) atoms. The van der Waals surface area contributed by atoms with Gasteiger partial charge in [0.2, 0.25) is 0 Å². The SMILES string of the molecule is O=C(N/N=C\c1ccc(Br)o1)c1ccco1. The summed E-state index contributed by atoms with van der Waals surface area (Å²) in [5.74, 6) is 0.330. The van der Waals surface area contributed by atoms with Gasteiger partial charge in [-0.05, 0) is 40.2 Å². The first-order valence-corrected chi connectivity index (χ1v) is 5.17. The van der Waals surface area contributed by atoms with E-state index in [0.29, 0.717) is 10.4 Å². The summed E-state index contributed by atoms with van der Waals surface area (Å²) in [5.41, 5.74) is 2.30. The van der Waals surface area contributed by atoms with Crippen LogP contribution in [0.3, 0.4) is 0 Å². The first kappa shape index (κ1) is 10.7. The Labute approximate surface area is 99.3 Å². The van der Waals surface area contributed by atoms with Crippen LogP contribution in [0.25, 0.3) is 0 Å². The maximum atomic E-state index is 11.3. The van der Waals surface area contributed by atoms with Crippen LogP contribution < -0.4 is 5.43 Å². The molecule has 0 radical (unpaired) electrons. The Kier molecular flexibility index (Phi) is 3.21. The van der Waals surface area contributed by atoms with Gasteiger partial charge >= 0.3 is 5.91 Å². The van der Waals surface area contributed by atoms with Crippen LogP contribution in [0.2, 0.25) is 0 Å². The minimum atomic E-state index is -0.410. The molecule has 0 spiro atoms. The van der Waals surface area contributed by atoms with Gasteiger partial charge in [-0.25, -0.2) is 5.43 Å². The molecule has 0 fully saturated rings. The van der Waals surface area contributed by atoms with Crippen LogP contribution in [0.1, 0.15) is 16.3 Å². The van der Waals surface area contributed by atoms with E-state index in [-0.39, 0.29) is 5.76 Å². The van der Waals surface area contributed by atoms with Gasteiger partial charge in [0.05, 0.1) is 12.5 Å². The number of halogens is 1. The quantitative estimate of drug-likeness (QED) is 0.694. The second kappa shape index (κ2) is 4.80. The third kappa shape index (κ3) is 2.60. The highest BCUT2D eigenvalue weighted by Crippen LogP contribution is 2.11. The van der Waals surface area contributed by atoms with E-state index in [1.165, 1.54) is 12.5 Å². The number of carbonyl (C=O) groups excluding carboxylic acids is 1. The highest BCUT2D eigenvalue weighted by molar-refractivity contribution is 9.10. The molecule has 2 aromatic rings. The van der Waals surface area contributed by atoms with Crippen molar-refractivity contribution in [1.29, 1.82) is 0 Å². The maximum Gasteiger partial charge on any atom is 0.307 e. The predicted molar refractivity (Wildman–Crippen MR) is 60.2 cm³/mol. The van der Waals surface area contributed by atoms with Crippen molar-refractivity contribution in [2.75, 3.05) is 0 Å². The van der Waals surface area contributed by atoms with E-state index in [2.05, 4.69) is 26.5 Å². The summed E-state index contributed by atoms with van der Waals surface area (Å²) in [5, 5.41) is 3.71. The Morgan fingerprint density at radius 1 is 1.44 bits per heavy atom. The van der Waals surface area contributed by atoms with Crippen LogP contribution in [0.4, 0.5) is 0 Å². The lowest BCUT2D eigenvalue weighted by Crippen LogP contribution is -2.16. The van der Waals surface area contributed by atoms with Crippen molar-refractivity contribution in [3.8, 4) is 0 Å². The van der Waals surface area contributed by atoms with Crippen molar-refractivity contribution < 1.29 is 13.6 Å². The summed E-state index contributed by atoms with van der Waals surface area (Å²) in [6, 6.07) is 6.62. The second-order valence-corrected chi connectivity index (χ2v) is 3.60. The Morgan fingerprint density at radius 3 is 2.94 bits per heavy atom. The fourth-order valence-electron chi connectivity index (χ4n) is 1.02. The molecule has 1 N–H and O–H groups in total. The van der Waals surface area contributed by atoms with E-state index >= 15 is 0 Å². The topological polar surface area (TPSA) is 67.7 Å². The molecule has 0 unspecified atom stereocenters. The van der Waals surface area contributed by atoms with E-state index in [1.54, 1.807) is 24.3 Å². The van der Waals surface area contributed by atoms with Gasteiger partial charge < -0.3 is 8.83 Å². The highest BCUT2D eigenvalue weighted by Gasteiger charge is 2.05. The Hall–Kier alpha value is -1.82. The average molecular weight is 283 g/mol. The molecule has 82 valence electrons. The molecule has 2 rings (SSSR count). The molecule has 0 aliphatic rings. The van der Waals surface area contributed by atoms with Gasteiger partial charge in [-0.3, -0.25) is 4.79 Å². The molecule has 2 heterocycles. The van der Waals surface area contributed by atoms with E-state index in [4.69, 9.17) is 8.83 Å². The zero-order valence-electron chi connectivity index (χ0n) is 8.01. The second-order valence-electron chi connectivity index (χ2n) is 2.82. The molecular formula is C10H7BrN2O3. The molecule has 0 atom stereocenters. The number of nitrogens with zero attached hydrogens (tertiary/aromatic N) is 1. The van der Waals surface area contributed by atoms with Gasteiger partial charge in [-0.15, -0.1) is 0 Å². The lowest BCUT2D eigenvalue weighted by Gasteiger charge is -1.93. The number of hydrazone groups is 1. The summed E-state index contributed by atoms with van der Waals surface area (Å²) in [4.78, 5) is 11.3. The van der Waals surface area contributed by atoms with Crippen LogP contribution in [0, 0.1) is 0 Å². The molecule has 1 amide bonds. The van der Waals surface area contributed by atoms with E-state index in [1.807, 2.05) is 0 Å². The molecule has 5 nitrogen and oxygen atoms in total. The van der Waals surface area contributed by atoms with Gasteiger partial charge in [-0.2, -0.15) is 5.10 Å². The van der Waals surface area contributed by atoms with E-state index < -0.39 is 5.91 Å². The van der Waals surface area contributed by atoms with Gasteiger partial charge in [-0.1, -0.05) is 0 Å². The molecule has 0 aliphatic heterocycles. The summed E-state index contributed by atoms with van der Waals surface area (Å²) < 4.78 is 10.6. The molecule has 2 aromatic heterocycles. The number of hydrogen-bond acceptors (Lipinski definition) is 4. The number of carbonyl (C=O) groups is 1. The normalized spacial score (nSPS) is 10.8. The van der Waals surface area contributed by atoms with Crippen molar-refractivity contribution in [3.05, 3.63) is 46.7 Å². The minimum absolute atomic E-state index is 0.206. The summed E-state index contributed by atoms with van der Waals surface area (Å²) >= 11 is 3.15. The lowest BCUT2D eigenvalue weighted by molar-refractivity contribution is 0.0927. The van der Waals surface area contributed by atoms with Crippen LogP contribution in [-0.2, 0) is 0 Å². The molecule has 0 bridgehead atoms. The fraction of sp³-hybridized carbons (Fsp3) is 0. The summed E-state index contributed by atoms with van der Waals surface area (Å²) in [6.45, 7) is 0. The Balaban J connectivity index is 1.93. The van der Waals surface area contributed by atoms with Gasteiger partial charge in [0.25, 0.3) is 0 Å². The van der Waals surface area contributed by atoms with E-state index in [9.17, 15) is 4.79 Å². The zero-order chi connectivity index (χ0) is 11.4. The van der Waals surface area contributed by atoms with Crippen LogP contribution in [0.15, 0.2) is 49.1 Å². The lowest BCUT2D eigenvalue weighted by atomic mass is 10.4. The van der Waals surface area contributed by atoms with Crippen molar-refractivity contribution in [1.82, 2.24) is 5.43 Å². The van der Waals surface area contributed by atoms with Gasteiger partial charge in [0.1, 0.15) is 5.76 Å². The van der Waals surface area contributed by atoms with Gasteiger partial charge in [0.15, 0.2) is 10.4 Å². The average Bonchev–Trinajstić information content (AvgIpc) is 2.89. The van der Waals surface area contributed by atoms with Crippen molar-refractivity contribution in [2.24, 2.45) is 5.10 Å². The molecule has 0 saturated carbocycles.